The summed E-state index contributed by atoms with van der Waals surface area (Å²) in [5.74, 6) is 0.298. The molecule has 1 saturated carbocycles. The van der Waals surface area contributed by atoms with Crippen molar-refractivity contribution in [1.29, 1.82) is 0 Å². The smallest absolute Gasteiger partial charge is 0.253 e. The van der Waals surface area contributed by atoms with Gasteiger partial charge >= 0.3 is 0 Å². The summed E-state index contributed by atoms with van der Waals surface area (Å²) in [7, 11) is 3.82. The SMILES string of the molecule is CN(C)c1ccc(NC(=O)CCCCl)cc1C(=O)NC1CCCCC1. The van der Waals surface area contributed by atoms with E-state index in [0.29, 0.717) is 30.0 Å². The molecule has 0 saturated heterocycles. The van der Waals surface area contributed by atoms with Crippen molar-refractivity contribution in [3.63, 3.8) is 0 Å². The van der Waals surface area contributed by atoms with Gasteiger partial charge in [-0.2, -0.15) is 0 Å². The predicted molar refractivity (Wildman–Crippen MR) is 104 cm³/mol. The zero-order valence-electron chi connectivity index (χ0n) is 15.1. The predicted octanol–water partition coefficient (Wildman–Crippen LogP) is 3.77. The molecule has 5 nitrogen and oxygen atoms in total. The summed E-state index contributed by atoms with van der Waals surface area (Å²) in [5, 5.41) is 6.00. The summed E-state index contributed by atoms with van der Waals surface area (Å²) in [5.41, 5.74) is 2.07. The Bertz CT molecular complexity index is 598. The summed E-state index contributed by atoms with van der Waals surface area (Å²) in [4.78, 5) is 26.6. The third-order valence-corrected chi connectivity index (χ3v) is 4.75. The highest BCUT2D eigenvalue weighted by molar-refractivity contribution is 6.18. The van der Waals surface area contributed by atoms with Gasteiger partial charge in [-0.3, -0.25) is 9.59 Å². The van der Waals surface area contributed by atoms with Gasteiger partial charge in [0.25, 0.3) is 5.91 Å². The molecule has 1 fully saturated rings. The van der Waals surface area contributed by atoms with Gasteiger partial charge in [0.05, 0.1) is 5.56 Å². The molecule has 25 heavy (non-hydrogen) atoms. The number of benzene rings is 1. The number of nitrogens with zero attached hydrogens (tertiary/aromatic N) is 1. The Balaban J connectivity index is 2.13. The molecule has 2 rings (SSSR count). The minimum absolute atomic E-state index is 0.0764. The summed E-state index contributed by atoms with van der Waals surface area (Å²) in [6.07, 6.45) is 6.68. The molecule has 0 bridgehead atoms. The fourth-order valence-electron chi connectivity index (χ4n) is 3.15. The highest BCUT2D eigenvalue weighted by atomic mass is 35.5. The molecule has 0 radical (unpaired) electrons. The largest absolute Gasteiger partial charge is 0.377 e. The highest BCUT2D eigenvalue weighted by Gasteiger charge is 2.20. The minimum Gasteiger partial charge on any atom is -0.377 e. The van der Waals surface area contributed by atoms with E-state index in [1.54, 1.807) is 6.07 Å². The van der Waals surface area contributed by atoms with Gasteiger partial charge in [0.1, 0.15) is 0 Å². The lowest BCUT2D eigenvalue weighted by molar-refractivity contribution is -0.116. The Labute approximate surface area is 155 Å². The Hall–Kier alpha value is -1.75. The van der Waals surface area contributed by atoms with Crippen LogP contribution in [0, 0.1) is 0 Å². The molecular weight excluding hydrogens is 338 g/mol. The summed E-state index contributed by atoms with van der Waals surface area (Å²) in [6, 6.07) is 5.70. The zero-order chi connectivity index (χ0) is 18.2. The number of carbonyl (C=O) groups is 2. The Morgan fingerprint density at radius 2 is 1.92 bits per heavy atom. The normalized spacial score (nSPS) is 14.8. The van der Waals surface area contributed by atoms with Crippen molar-refractivity contribution in [3.05, 3.63) is 23.8 Å². The van der Waals surface area contributed by atoms with Gasteiger partial charge in [-0.15, -0.1) is 11.6 Å². The lowest BCUT2D eigenvalue weighted by atomic mass is 9.95. The standard InChI is InChI=1S/C19H28ClN3O2/c1-23(2)17-11-10-15(21-18(24)9-6-12-20)13-16(17)19(25)22-14-7-4-3-5-8-14/h10-11,13-14H,3-9,12H2,1-2H3,(H,21,24)(H,22,25). The number of hydrogen-bond donors (Lipinski definition) is 2. The van der Waals surface area contributed by atoms with Crippen LogP contribution in [0.3, 0.4) is 0 Å². The van der Waals surface area contributed by atoms with Crippen LogP contribution in [0.4, 0.5) is 11.4 Å². The van der Waals surface area contributed by atoms with Crippen molar-refractivity contribution in [2.45, 2.75) is 51.0 Å². The molecule has 1 aliphatic rings. The Kier molecular flexibility index (Phi) is 7.56. The fraction of sp³-hybridized carbons (Fsp3) is 0.579. The second-order valence-corrected chi connectivity index (χ2v) is 7.15. The number of amides is 2. The molecule has 2 N–H and O–H groups in total. The molecule has 0 aromatic heterocycles. The maximum Gasteiger partial charge on any atom is 0.253 e. The molecule has 0 heterocycles. The molecule has 0 aliphatic heterocycles. The van der Waals surface area contributed by atoms with Crippen LogP contribution in [0.1, 0.15) is 55.3 Å². The molecule has 138 valence electrons. The summed E-state index contributed by atoms with van der Waals surface area (Å²) < 4.78 is 0. The average Bonchev–Trinajstić information content (AvgIpc) is 2.60. The number of carbonyl (C=O) groups excluding carboxylic acids is 2. The lowest BCUT2D eigenvalue weighted by Crippen LogP contribution is -2.36. The van der Waals surface area contributed by atoms with E-state index in [4.69, 9.17) is 11.6 Å². The van der Waals surface area contributed by atoms with E-state index in [0.717, 1.165) is 18.5 Å². The van der Waals surface area contributed by atoms with Crippen molar-refractivity contribution in [3.8, 4) is 0 Å². The Morgan fingerprint density at radius 1 is 1.20 bits per heavy atom. The summed E-state index contributed by atoms with van der Waals surface area (Å²) in [6.45, 7) is 0. The minimum atomic E-state index is -0.0862. The van der Waals surface area contributed by atoms with E-state index in [9.17, 15) is 9.59 Å². The van der Waals surface area contributed by atoms with Crippen LogP contribution in [0.2, 0.25) is 0 Å². The van der Waals surface area contributed by atoms with E-state index in [2.05, 4.69) is 10.6 Å². The zero-order valence-corrected chi connectivity index (χ0v) is 15.9. The van der Waals surface area contributed by atoms with Gasteiger partial charge in [-0.25, -0.2) is 0 Å². The highest BCUT2D eigenvalue weighted by Crippen LogP contribution is 2.24. The first-order chi connectivity index (χ1) is 12.0. The lowest BCUT2D eigenvalue weighted by Gasteiger charge is -2.24. The third-order valence-electron chi connectivity index (χ3n) is 4.48. The van der Waals surface area contributed by atoms with E-state index >= 15 is 0 Å². The monoisotopic (exact) mass is 365 g/mol. The van der Waals surface area contributed by atoms with Gasteiger partial charge in [0.15, 0.2) is 0 Å². The van der Waals surface area contributed by atoms with E-state index in [1.807, 2.05) is 31.1 Å². The maximum atomic E-state index is 12.8. The third kappa shape index (κ3) is 5.92. The number of alkyl halides is 1. The second kappa shape index (κ2) is 9.66. The van der Waals surface area contributed by atoms with Crippen molar-refractivity contribution in [1.82, 2.24) is 5.32 Å². The molecule has 1 aromatic carbocycles. The van der Waals surface area contributed by atoms with Gasteiger partial charge in [0.2, 0.25) is 5.91 Å². The van der Waals surface area contributed by atoms with E-state index < -0.39 is 0 Å². The van der Waals surface area contributed by atoms with Crippen molar-refractivity contribution in [2.75, 3.05) is 30.2 Å². The van der Waals surface area contributed by atoms with Crippen molar-refractivity contribution >= 4 is 34.8 Å². The molecule has 0 unspecified atom stereocenters. The van der Waals surface area contributed by atoms with Gasteiger partial charge in [-0.05, 0) is 37.5 Å². The molecule has 1 aromatic rings. The summed E-state index contributed by atoms with van der Waals surface area (Å²) >= 11 is 5.63. The Morgan fingerprint density at radius 3 is 2.56 bits per heavy atom. The first-order valence-electron chi connectivity index (χ1n) is 8.99. The molecule has 6 heteroatoms. The maximum absolute atomic E-state index is 12.8. The van der Waals surface area contributed by atoms with Gasteiger partial charge in [-0.1, -0.05) is 19.3 Å². The van der Waals surface area contributed by atoms with E-state index in [1.165, 1.54) is 19.3 Å². The first-order valence-corrected chi connectivity index (χ1v) is 9.52. The van der Waals surface area contributed by atoms with Gasteiger partial charge in [0, 0.05) is 43.8 Å². The fourth-order valence-corrected chi connectivity index (χ4v) is 3.28. The second-order valence-electron chi connectivity index (χ2n) is 6.78. The number of nitrogens with one attached hydrogen (secondary N) is 2. The van der Waals surface area contributed by atoms with Crippen LogP contribution >= 0.6 is 11.6 Å². The number of anilines is 2. The molecular formula is C19H28ClN3O2. The van der Waals surface area contributed by atoms with Crippen LogP contribution in [-0.4, -0.2) is 37.8 Å². The quantitative estimate of drug-likeness (QED) is 0.723. The van der Waals surface area contributed by atoms with E-state index in [-0.39, 0.29) is 17.9 Å². The number of halogens is 1. The molecule has 0 spiro atoms. The van der Waals surface area contributed by atoms with Crippen LogP contribution in [0.5, 0.6) is 0 Å². The number of rotatable bonds is 7. The van der Waals surface area contributed by atoms with Crippen LogP contribution < -0.4 is 15.5 Å². The van der Waals surface area contributed by atoms with Crippen molar-refractivity contribution < 1.29 is 9.59 Å². The average molecular weight is 366 g/mol. The van der Waals surface area contributed by atoms with Crippen LogP contribution in [-0.2, 0) is 4.79 Å². The number of hydrogen-bond acceptors (Lipinski definition) is 3. The molecule has 2 amide bonds. The van der Waals surface area contributed by atoms with Crippen LogP contribution in [0.15, 0.2) is 18.2 Å². The van der Waals surface area contributed by atoms with Crippen molar-refractivity contribution in [2.24, 2.45) is 0 Å². The molecule has 0 atom stereocenters. The van der Waals surface area contributed by atoms with Crippen LogP contribution in [0.25, 0.3) is 0 Å². The topological polar surface area (TPSA) is 61.4 Å². The molecule has 1 aliphatic carbocycles. The van der Waals surface area contributed by atoms with Gasteiger partial charge < -0.3 is 15.5 Å². The first kappa shape index (κ1) is 19.6.